The predicted octanol–water partition coefficient (Wildman–Crippen LogP) is 5.20. The van der Waals surface area contributed by atoms with E-state index in [1.807, 2.05) is 18.2 Å². The minimum absolute atomic E-state index is 0.423. The van der Waals surface area contributed by atoms with Gasteiger partial charge in [0.15, 0.2) is 11.6 Å². The molecule has 3 rings (SSSR count). The topological polar surface area (TPSA) is 35.0 Å². The molecule has 3 nitrogen and oxygen atoms in total. The molecule has 0 aliphatic rings. The first-order valence-corrected chi connectivity index (χ1v) is 8.68. The molecular formula is C22H22F2N2O. The first-order valence-electron chi connectivity index (χ1n) is 8.68. The summed E-state index contributed by atoms with van der Waals surface area (Å²) in [5.41, 5.74) is 3.32. The molecule has 27 heavy (non-hydrogen) atoms. The van der Waals surface area contributed by atoms with Crippen molar-refractivity contribution >= 4 is 10.9 Å². The van der Waals surface area contributed by atoms with Gasteiger partial charge in [0.25, 0.3) is 0 Å². The molecule has 140 valence electrons. The van der Waals surface area contributed by atoms with Crippen LogP contribution in [0.4, 0.5) is 8.78 Å². The number of nitrogens with zero attached hydrogens (tertiary/aromatic N) is 2. The highest BCUT2D eigenvalue weighted by atomic mass is 19.2. The molecule has 0 aliphatic carbocycles. The zero-order valence-corrected chi connectivity index (χ0v) is 15.7. The third-order valence-corrected chi connectivity index (χ3v) is 3.79. The lowest BCUT2D eigenvalue weighted by Crippen LogP contribution is -1.91. The Morgan fingerprint density at radius 2 is 1.81 bits per heavy atom. The molecule has 1 aromatic heterocycles. The van der Waals surface area contributed by atoms with Crippen LogP contribution in [0, 0.1) is 30.4 Å². The Bertz CT molecular complexity index is 961. The summed E-state index contributed by atoms with van der Waals surface area (Å²) in [6, 6.07) is 10.3. The van der Waals surface area contributed by atoms with E-state index < -0.39 is 11.6 Å². The maximum Gasteiger partial charge on any atom is 0.161 e. The molecule has 5 heteroatoms. The molecular weight excluding hydrogens is 346 g/mol. The van der Waals surface area contributed by atoms with Crippen molar-refractivity contribution in [1.29, 1.82) is 0 Å². The number of rotatable bonds is 3. The molecule has 3 aromatic rings. The Morgan fingerprint density at radius 1 is 1.07 bits per heavy atom. The van der Waals surface area contributed by atoms with Crippen LogP contribution in [-0.2, 0) is 11.3 Å². The average Bonchev–Trinajstić information content (AvgIpc) is 2.66. The maximum absolute atomic E-state index is 12.8. The second-order valence-corrected chi connectivity index (χ2v) is 5.88. The zero-order chi connectivity index (χ0) is 19.6. The molecule has 0 saturated heterocycles. The number of fused-ring (bicyclic) bond motifs is 1. The summed E-state index contributed by atoms with van der Waals surface area (Å²) in [6.45, 7) is 4.49. The highest BCUT2D eigenvalue weighted by molar-refractivity contribution is 5.80. The summed E-state index contributed by atoms with van der Waals surface area (Å²) in [4.78, 5) is 7.70. The van der Waals surface area contributed by atoms with Crippen LogP contribution in [0.5, 0.6) is 0 Å². The minimum atomic E-state index is -0.884. The van der Waals surface area contributed by atoms with E-state index >= 15 is 0 Å². The minimum Gasteiger partial charge on any atom is -0.380 e. The second-order valence-electron chi connectivity index (χ2n) is 5.88. The number of aryl methyl sites for hydroxylation is 1. The van der Waals surface area contributed by atoms with E-state index in [1.54, 1.807) is 14.0 Å². The first kappa shape index (κ1) is 20.5. The second kappa shape index (κ2) is 10.3. The SMILES string of the molecule is CCCC#Cc1ccccc1COC.Cc1ncnc2cc(F)c(F)cc12. The van der Waals surface area contributed by atoms with Gasteiger partial charge in [0.2, 0.25) is 0 Å². The Balaban J connectivity index is 0.000000194. The highest BCUT2D eigenvalue weighted by Gasteiger charge is 2.06. The first-order chi connectivity index (χ1) is 13.1. The molecule has 0 spiro atoms. The van der Waals surface area contributed by atoms with Crippen LogP contribution in [0.25, 0.3) is 10.9 Å². The summed E-state index contributed by atoms with van der Waals surface area (Å²) < 4.78 is 30.7. The molecule has 0 aliphatic heterocycles. The van der Waals surface area contributed by atoms with E-state index in [0.29, 0.717) is 23.2 Å². The van der Waals surface area contributed by atoms with E-state index in [4.69, 9.17) is 4.74 Å². The van der Waals surface area contributed by atoms with Crippen molar-refractivity contribution in [3.8, 4) is 11.8 Å². The Labute approximate surface area is 158 Å². The third-order valence-electron chi connectivity index (χ3n) is 3.79. The molecule has 0 saturated carbocycles. The van der Waals surface area contributed by atoms with Crippen molar-refractivity contribution in [2.45, 2.75) is 33.3 Å². The van der Waals surface area contributed by atoms with Crippen molar-refractivity contribution < 1.29 is 13.5 Å². The number of hydrogen-bond acceptors (Lipinski definition) is 3. The van der Waals surface area contributed by atoms with E-state index in [9.17, 15) is 8.78 Å². The van der Waals surface area contributed by atoms with Gasteiger partial charge < -0.3 is 4.74 Å². The van der Waals surface area contributed by atoms with Crippen LogP contribution in [0.2, 0.25) is 0 Å². The van der Waals surface area contributed by atoms with Crippen LogP contribution in [-0.4, -0.2) is 17.1 Å². The van der Waals surface area contributed by atoms with Crippen molar-refractivity contribution in [3.63, 3.8) is 0 Å². The number of ether oxygens (including phenoxy) is 1. The molecule has 0 unspecified atom stereocenters. The molecule has 0 fully saturated rings. The normalized spacial score (nSPS) is 9.96. The number of halogens is 2. The van der Waals surface area contributed by atoms with Crippen molar-refractivity contribution in [1.82, 2.24) is 9.97 Å². The van der Waals surface area contributed by atoms with Gasteiger partial charge in [-0.25, -0.2) is 18.7 Å². The van der Waals surface area contributed by atoms with E-state index in [0.717, 1.165) is 30.5 Å². The third kappa shape index (κ3) is 5.83. The number of methoxy groups -OCH3 is 1. The number of benzene rings is 2. The Morgan fingerprint density at radius 3 is 2.56 bits per heavy atom. The van der Waals surface area contributed by atoms with Gasteiger partial charge in [-0.05, 0) is 31.0 Å². The Kier molecular flexibility index (Phi) is 7.84. The monoisotopic (exact) mass is 368 g/mol. The lowest BCUT2D eigenvalue weighted by atomic mass is 10.1. The largest absolute Gasteiger partial charge is 0.380 e. The fraction of sp³-hybridized carbons (Fsp3) is 0.273. The van der Waals surface area contributed by atoms with Gasteiger partial charge in [0, 0.05) is 36.2 Å². The molecule has 0 amide bonds. The highest BCUT2D eigenvalue weighted by Crippen LogP contribution is 2.17. The van der Waals surface area contributed by atoms with Crippen LogP contribution >= 0.6 is 0 Å². The summed E-state index contributed by atoms with van der Waals surface area (Å²) in [7, 11) is 1.70. The smallest absolute Gasteiger partial charge is 0.161 e. The van der Waals surface area contributed by atoms with Crippen LogP contribution < -0.4 is 0 Å². The lowest BCUT2D eigenvalue weighted by molar-refractivity contribution is 0.184. The van der Waals surface area contributed by atoms with Gasteiger partial charge in [-0.2, -0.15) is 0 Å². The van der Waals surface area contributed by atoms with Crippen LogP contribution in [0.3, 0.4) is 0 Å². The van der Waals surface area contributed by atoms with E-state index in [1.165, 1.54) is 11.9 Å². The van der Waals surface area contributed by atoms with Crippen molar-refractivity contribution in [2.75, 3.05) is 7.11 Å². The van der Waals surface area contributed by atoms with E-state index in [2.05, 4.69) is 34.8 Å². The van der Waals surface area contributed by atoms with Gasteiger partial charge in [-0.15, -0.1) is 0 Å². The van der Waals surface area contributed by atoms with Crippen molar-refractivity contribution in [2.24, 2.45) is 0 Å². The summed E-state index contributed by atoms with van der Waals surface area (Å²) in [5.74, 6) is 4.56. The molecule has 1 heterocycles. The summed E-state index contributed by atoms with van der Waals surface area (Å²) in [6.07, 6.45) is 3.40. The maximum atomic E-state index is 12.8. The van der Waals surface area contributed by atoms with Gasteiger partial charge in [-0.3, -0.25) is 0 Å². The summed E-state index contributed by atoms with van der Waals surface area (Å²) in [5, 5.41) is 0.543. The number of hydrogen-bond donors (Lipinski definition) is 0. The quantitative estimate of drug-likeness (QED) is 0.596. The number of unbranched alkanes of at least 4 members (excludes halogenated alkanes) is 1. The fourth-order valence-electron chi connectivity index (χ4n) is 2.39. The number of aromatic nitrogens is 2. The molecule has 2 aromatic carbocycles. The van der Waals surface area contributed by atoms with Gasteiger partial charge in [0.05, 0.1) is 12.1 Å². The molecule has 0 radical (unpaired) electrons. The van der Waals surface area contributed by atoms with Gasteiger partial charge in [-0.1, -0.05) is 37.0 Å². The Hall–Kier alpha value is -2.84. The summed E-state index contributed by atoms with van der Waals surface area (Å²) >= 11 is 0. The van der Waals surface area contributed by atoms with Crippen molar-refractivity contribution in [3.05, 3.63) is 71.2 Å². The van der Waals surface area contributed by atoms with Crippen LogP contribution in [0.15, 0.2) is 42.7 Å². The predicted molar refractivity (Wildman–Crippen MR) is 103 cm³/mol. The lowest BCUT2D eigenvalue weighted by Gasteiger charge is -2.01. The van der Waals surface area contributed by atoms with Gasteiger partial charge in [0.1, 0.15) is 6.33 Å². The zero-order valence-electron chi connectivity index (χ0n) is 15.7. The molecule has 0 atom stereocenters. The van der Waals surface area contributed by atoms with E-state index in [-0.39, 0.29) is 0 Å². The molecule has 0 bridgehead atoms. The average molecular weight is 368 g/mol. The van der Waals surface area contributed by atoms with Gasteiger partial charge >= 0.3 is 0 Å². The molecule has 0 N–H and O–H groups in total. The van der Waals surface area contributed by atoms with Crippen LogP contribution in [0.1, 0.15) is 36.6 Å². The fourth-order valence-corrected chi connectivity index (χ4v) is 2.39. The standard InChI is InChI=1S/C13H16O.C9H6F2N2/c1-3-4-5-8-12-9-6-7-10-13(12)11-14-2;1-5-6-2-7(10)8(11)3-9(6)13-4-12-5/h6-7,9-10H,3-4,11H2,1-2H3;2-4H,1H3.